The number of carbonyl (C=O) groups is 5. The van der Waals surface area contributed by atoms with E-state index in [-0.39, 0.29) is 18.3 Å². The Morgan fingerprint density at radius 3 is 2.28 bits per heavy atom. The van der Waals surface area contributed by atoms with Crippen LogP contribution in [0.2, 0.25) is 0 Å². The lowest BCUT2D eigenvalue weighted by molar-refractivity contribution is -0.268. The minimum absolute atomic E-state index is 0.160. The van der Waals surface area contributed by atoms with Crippen LogP contribution >= 0.6 is 0 Å². The maximum atomic E-state index is 12.0. The van der Waals surface area contributed by atoms with E-state index in [0.29, 0.717) is 0 Å². The van der Waals surface area contributed by atoms with Gasteiger partial charge in [-0.05, 0) is 19.1 Å². The predicted molar refractivity (Wildman–Crippen MR) is 119 cm³/mol. The van der Waals surface area contributed by atoms with Crippen molar-refractivity contribution in [3.63, 3.8) is 0 Å². The molecule has 2 heterocycles. The van der Waals surface area contributed by atoms with Crippen LogP contribution in [0.4, 0.5) is 0 Å². The van der Waals surface area contributed by atoms with Crippen LogP contribution < -0.4 is 5.32 Å². The van der Waals surface area contributed by atoms with Gasteiger partial charge < -0.3 is 33.7 Å². The smallest absolute Gasteiger partial charge is 0.331 e. The Bertz CT molecular complexity index is 1010. The van der Waals surface area contributed by atoms with Crippen LogP contribution in [0.1, 0.15) is 34.6 Å². The average Bonchev–Trinajstić information content (AvgIpc) is 2.75. The van der Waals surface area contributed by atoms with Gasteiger partial charge in [0.2, 0.25) is 12.2 Å². The Labute approximate surface area is 207 Å². The molecule has 0 saturated carbocycles. The molecule has 0 bridgehead atoms. The predicted octanol–water partition coefficient (Wildman–Crippen LogP) is 0.601. The highest BCUT2D eigenvalue weighted by Crippen LogP contribution is 2.33. The monoisotopic (exact) mass is 507 g/mol. The minimum atomic E-state index is -1.27. The van der Waals surface area contributed by atoms with E-state index in [2.05, 4.69) is 5.32 Å². The first-order valence-corrected chi connectivity index (χ1v) is 11.3. The third kappa shape index (κ3) is 6.72. The van der Waals surface area contributed by atoms with Gasteiger partial charge >= 0.3 is 23.9 Å². The molecule has 0 radical (unpaired) electrons. The molecule has 0 aromatic heterocycles. The van der Waals surface area contributed by atoms with Gasteiger partial charge in [-0.15, -0.1) is 0 Å². The van der Waals surface area contributed by atoms with Crippen LogP contribution in [0, 0.1) is 5.92 Å². The Morgan fingerprint density at radius 1 is 1.00 bits per heavy atom. The maximum Gasteiger partial charge on any atom is 0.331 e. The van der Waals surface area contributed by atoms with E-state index in [9.17, 15) is 24.0 Å². The van der Waals surface area contributed by atoms with E-state index in [1.54, 1.807) is 18.2 Å². The summed E-state index contributed by atoms with van der Waals surface area (Å²) in [6, 6.07) is -1.12. The van der Waals surface area contributed by atoms with E-state index in [4.69, 9.17) is 28.4 Å². The summed E-state index contributed by atoms with van der Waals surface area (Å²) in [6.45, 7) is 6.21. The van der Waals surface area contributed by atoms with Gasteiger partial charge in [0.1, 0.15) is 30.6 Å². The number of hydrogen-bond acceptors (Lipinski definition) is 11. The Balaban J connectivity index is 1.93. The molecule has 0 aromatic rings. The summed E-state index contributed by atoms with van der Waals surface area (Å²) in [5, 5.41) is 2.62. The summed E-state index contributed by atoms with van der Waals surface area (Å²) >= 11 is 0. The third-order valence-electron chi connectivity index (χ3n) is 5.60. The molecule has 0 aromatic carbocycles. The van der Waals surface area contributed by atoms with Crippen molar-refractivity contribution in [2.45, 2.75) is 71.4 Å². The molecule has 196 valence electrons. The second kappa shape index (κ2) is 11.4. The van der Waals surface area contributed by atoms with Crippen molar-refractivity contribution in [2.24, 2.45) is 5.92 Å². The number of nitrogens with one attached hydrogen (secondary N) is 1. The number of carbonyl (C=O) groups excluding carboxylic acids is 5. The molecule has 12 nitrogen and oxygen atoms in total. The zero-order valence-corrected chi connectivity index (χ0v) is 20.5. The standard InChI is InChI=1S/C24H29NO11/c1-11-8-20(30)35-18-9-16(6-7-17(11)18)34-24-21(25-12(2)26)23(33-15(5)29)22(32-14(4)28)19(36-24)10-31-13(3)27/h6-9,17-19,21-24H,10H2,1-5H3,(H,25,26)/t17-,18-,19-,21-,22+,23+,24+/m0/s1. The van der Waals surface area contributed by atoms with Gasteiger partial charge in [0.15, 0.2) is 12.2 Å². The van der Waals surface area contributed by atoms with Crippen LogP contribution in [0.5, 0.6) is 0 Å². The zero-order valence-electron chi connectivity index (χ0n) is 20.5. The van der Waals surface area contributed by atoms with E-state index in [1.807, 2.05) is 6.92 Å². The van der Waals surface area contributed by atoms with E-state index >= 15 is 0 Å². The normalized spacial score (nSPS) is 31.0. The molecule has 2 aliphatic heterocycles. The van der Waals surface area contributed by atoms with Crippen LogP contribution in [0.3, 0.4) is 0 Å². The van der Waals surface area contributed by atoms with Crippen molar-refractivity contribution in [2.75, 3.05) is 6.61 Å². The molecule has 3 aliphatic rings. The first-order chi connectivity index (χ1) is 16.9. The van der Waals surface area contributed by atoms with E-state index < -0.39 is 66.5 Å². The summed E-state index contributed by atoms with van der Waals surface area (Å²) < 4.78 is 33.2. The molecule has 36 heavy (non-hydrogen) atoms. The molecule has 0 unspecified atom stereocenters. The highest BCUT2D eigenvalue weighted by atomic mass is 16.7. The molecule has 0 spiro atoms. The Morgan fingerprint density at radius 2 is 1.67 bits per heavy atom. The molecule has 7 atom stereocenters. The lowest BCUT2D eigenvalue weighted by Gasteiger charge is -2.45. The van der Waals surface area contributed by atoms with Gasteiger partial charge in [-0.25, -0.2) is 4.79 Å². The molecule has 1 saturated heterocycles. The summed E-state index contributed by atoms with van der Waals surface area (Å²) in [6.07, 6.45) is 1.02. The molecule has 3 rings (SSSR count). The topological polar surface area (TPSA) is 153 Å². The van der Waals surface area contributed by atoms with Gasteiger partial charge in [0.25, 0.3) is 0 Å². The third-order valence-corrected chi connectivity index (χ3v) is 5.60. The summed E-state index contributed by atoms with van der Waals surface area (Å²) in [5.41, 5.74) is 0.827. The number of allylic oxidation sites excluding steroid dienone is 1. The number of esters is 4. The van der Waals surface area contributed by atoms with Crippen molar-refractivity contribution in [1.82, 2.24) is 5.32 Å². The Kier molecular flexibility index (Phi) is 8.51. The fraction of sp³-hybridized carbons (Fsp3) is 0.542. The highest BCUT2D eigenvalue weighted by Gasteiger charge is 2.52. The summed E-state index contributed by atoms with van der Waals surface area (Å²) in [5.74, 6) is -2.91. The molecule has 1 amide bonds. The summed E-state index contributed by atoms with van der Waals surface area (Å²) in [4.78, 5) is 59.1. The largest absolute Gasteiger partial charge is 0.463 e. The molecule has 1 aliphatic carbocycles. The molecule has 12 heteroatoms. The lowest BCUT2D eigenvalue weighted by Crippen LogP contribution is -2.66. The molecular weight excluding hydrogens is 478 g/mol. The minimum Gasteiger partial charge on any atom is -0.463 e. The summed E-state index contributed by atoms with van der Waals surface area (Å²) in [7, 11) is 0. The van der Waals surface area contributed by atoms with Crippen LogP contribution in [0.25, 0.3) is 0 Å². The first kappa shape index (κ1) is 26.9. The van der Waals surface area contributed by atoms with Gasteiger partial charge in [0, 0.05) is 39.7 Å². The highest BCUT2D eigenvalue weighted by molar-refractivity contribution is 5.84. The van der Waals surface area contributed by atoms with E-state index in [1.165, 1.54) is 19.9 Å². The fourth-order valence-electron chi connectivity index (χ4n) is 4.20. The zero-order chi connectivity index (χ0) is 26.6. The first-order valence-electron chi connectivity index (χ1n) is 11.3. The van der Waals surface area contributed by atoms with Crippen molar-refractivity contribution in [1.29, 1.82) is 0 Å². The number of amides is 1. The number of ether oxygens (including phenoxy) is 6. The van der Waals surface area contributed by atoms with E-state index in [0.717, 1.165) is 19.4 Å². The molecule has 1 fully saturated rings. The van der Waals surface area contributed by atoms with Gasteiger partial charge in [-0.1, -0.05) is 11.6 Å². The SMILES string of the molecule is CC(=O)N[C@@H]1[C@H](OC2=C[C@@H]3OC(=O)C=C(C)[C@@H]3C=C2)O[C@@H](COC(C)=O)[C@@H](OC(C)=O)[C@@H]1OC(C)=O. The van der Waals surface area contributed by atoms with Crippen molar-refractivity contribution < 1.29 is 52.4 Å². The number of hydrogen-bond donors (Lipinski definition) is 1. The average molecular weight is 507 g/mol. The van der Waals surface area contributed by atoms with Gasteiger partial charge in [-0.3, -0.25) is 19.2 Å². The quantitative estimate of drug-likeness (QED) is 0.381. The molecular formula is C24H29NO11. The van der Waals surface area contributed by atoms with Crippen molar-refractivity contribution in [3.8, 4) is 0 Å². The van der Waals surface area contributed by atoms with Gasteiger partial charge in [-0.2, -0.15) is 0 Å². The second-order valence-electron chi connectivity index (χ2n) is 8.58. The Hall–Kier alpha value is -3.67. The lowest BCUT2D eigenvalue weighted by atomic mass is 9.88. The fourth-order valence-corrected chi connectivity index (χ4v) is 4.20. The van der Waals surface area contributed by atoms with Crippen LogP contribution in [-0.2, 0) is 52.4 Å². The van der Waals surface area contributed by atoms with Gasteiger partial charge in [0.05, 0.1) is 0 Å². The number of fused-ring (bicyclic) bond motifs is 1. The number of rotatable bonds is 7. The van der Waals surface area contributed by atoms with Crippen molar-refractivity contribution >= 4 is 29.8 Å². The second-order valence-corrected chi connectivity index (χ2v) is 8.58. The molecule has 1 N–H and O–H groups in total. The van der Waals surface area contributed by atoms with Crippen LogP contribution in [-0.4, -0.2) is 73.1 Å². The van der Waals surface area contributed by atoms with Crippen LogP contribution in [0.15, 0.2) is 35.6 Å². The van der Waals surface area contributed by atoms with Crippen molar-refractivity contribution in [3.05, 3.63) is 35.6 Å². The maximum absolute atomic E-state index is 12.0.